The normalized spacial score (nSPS) is 19.2. The number of aliphatic hydroxyl groups excluding tert-OH is 1. The van der Waals surface area contributed by atoms with Crippen LogP contribution in [0.15, 0.2) is 102 Å². The van der Waals surface area contributed by atoms with Crippen LogP contribution in [0, 0.1) is 11.3 Å². The number of nitriles is 1. The molecule has 2 aliphatic heterocycles. The number of hydrogen-bond acceptors (Lipinski definition) is 6. The van der Waals surface area contributed by atoms with E-state index in [0.29, 0.717) is 22.8 Å². The summed E-state index contributed by atoms with van der Waals surface area (Å²) in [5.41, 5.74) is 2.83. The molecule has 1 N–H and O–H groups in total. The summed E-state index contributed by atoms with van der Waals surface area (Å²) in [5.74, 6) is -0.300. The number of carbonyl (C=O) groups is 1. The highest BCUT2D eigenvalue weighted by Gasteiger charge is 2.50. The Balaban J connectivity index is 1.73. The molecular weight excluding hydrogens is 444 g/mol. The molecule has 2 aliphatic rings. The lowest BCUT2D eigenvalue weighted by atomic mass is 9.79. The zero-order valence-corrected chi connectivity index (χ0v) is 19.1. The molecule has 0 saturated carbocycles. The summed E-state index contributed by atoms with van der Waals surface area (Å²) in [6.45, 7) is 0. The van der Waals surface area contributed by atoms with Crippen LogP contribution in [-0.2, 0) is 9.53 Å². The third-order valence-electron chi connectivity index (χ3n) is 6.29. The minimum absolute atomic E-state index is 0.0204. The fourth-order valence-corrected chi connectivity index (χ4v) is 4.66. The van der Waals surface area contributed by atoms with E-state index in [4.69, 9.17) is 14.2 Å². The van der Waals surface area contributed by atoms with Crippen molar-refractivity contribution in [2.24, 2.45) is 0 Å². The third-order valence-corrected chi connectivity index (χ3v) is 6.29. The van der Waals surface area contributed by atoms with Crippen molar-refractivity contribution in [2.75, 3.05) is 19.1 Å². The van der Waals surface area contributed by atoms with Crippen molar-refractivity contribution in [3.63, 3.8) is 0 Å². The molecule has 3 aromatic carbocycles. The quantitative estimate of drug-likeness (QED) is 0.559. The van der Waals surface area contributed by atoms with Gasteiger partial charge in [0.15, 0.2) is 5.76 Å². The number of rotatable bonds is 5. The fraction of sp³-hybridized carbons (Fsp3) is 0.143. The van der Waals surface area contributed by atoms with Crippen LogP contribution in [0.3, 0.4) is 0 Å². The van der Waals surface area contributed by atoms with Gasteiger partial charge >= 0.3 is 0 Å². The van der Waals surface area contributed by atoms with E-state index < -0.39 is 23.8 Å². The molecule has 3 aromatic rings. The van der Waals surface area contributed by atoms with Crippen molar-refractivity contribution in [3.8, 4) is 17.6 Å². The number of hydrogen-bond donors (Lipinski definition) is 1. The topological polar surface area (TPSA) is 92.0 Å². The van der Waals surface area contributed by atoms with Gasteiger partial charge < -0.3 is 19.3 Å². The van der Waals surface area contributed by atoms with Crippen molar-refractivity contribution in [1.82, 2.24) is 0 Å². The molecule has 5 rings (SSSR count). The van der Waals surface area contributed by atoms with E-state index in [1.807, 2.05) is 66.7 Å². The standard InChI is InChI=1S/C28H22N2O5/c1-33-20-12-8-17(9-13-20)23-22(16-29)28(32)35-26-24(23)25(18-10-14-21(34-2)15-11-18)30(27(26)31)19-6-4-3-5-7-19/h3-15,23,25,32H,1-2H3. The van der Waals surface area contributed by atoms with Crippen LogP contribution in [0.2, 0.25) is 0 Å². The molecule has 0 aliphatic carbocycles. The Bertz CT molecular complexity index is 1370. The predicted molar refractivity (Wildman–Crippen MR) is 129 cm³/mol. The SMILES string of the molecule is COc1ccc(C2C(C#N)=C(O)OC3=C2C(c2ccc(OC)cc2)N(c2ccccc2)C3=O)cc1. The highest BCUT2D eigenvalue weighted by molar-refractivity contribution is 6.09. The van der Waals surface area contributed by atoms with E-state index >= 15 is 0 Å². The summed E-state index contributed by atoms with van der Waals surface area (Å²) in [4.78, 5) is 15.4. The molecule has 0 spiro atoms. The molecule has 2 atom stereocenters. The van der Waals surface area contributed by atoms with Crippen LogP contribution in [0.1, 0.15) is 23.1 Å². The second-order valence-corrected chi connectivity index (χ2v) is 8.11. The molecule has 35 heavy (non-hydrogen) atoms. The summed E-state index contributed by atoms with van der Waals surface area (Å²) < 4.78 is 16.2. The second-order valence-electron chi connectivity index (χ2n) is 8.11. The average molecular weight is 466 g/mol. The number of para-hydroxylation sites is 1. The van der Waals surface area contributed by atoms with Crippen molar-refractivity contribution < 1.29 is 24.1 Å². The van der Waals surface area contributed by atoms with Crippen molar-refractivity contribution in [2.45, 2.75) is 12.0 Å². The van der Waals surface area contributed by atoms with Crippen molar-refractivity contribution in [3.05, 3.63) is 113 Å². The van der Waals surface area contributed by atoms with Gasteiger partial charge in [-0.2, -0.15) is 5.26 Å². The molecule has 0 fully saturated rings. The number of ether oxygens (including phenoxy) is 3. The minimum Gasteiger partial charge on any atom is -0.497 e. The summed E-state index contributed by atoms with van der Waals surface area (Å²) in [5, 5.41) is 20.6. The molecule has 0 aromatic heterocycles. The molecule has 7 nitrogen and oxygen atoms in total. The first-order valence-corrected chi connectivity index (χ1v) is 11.0. The Kier molecular flexibility index (Phi) is 5.63. The highest BCUT2D eigenvalue weighted by atomic mass is 16.6. The minimum atomic E-state index is -0.695. The van der Waals surface area contributed by atoms with Gasteiger partial charge in [0.2, 0.25) is 0 Å². The number of aliphatic hydroxyl groups is 1. The van der Waals surface area contributed by atoms with Crippen LogP contribution in [0.5, 0.6) is 11.5 Å². The summed E-state index contributed by atoms with van der Waals surface area (Å²) in [6, 6.07) is 25.4. The number of anilines is 1. The number of carbonyl (C=O) groups excluding carboxylic acids is 1. The largest absolute Gasteiger partial charge is 0.497 e. The summed E-state index contributed by atoms with van der Waals surface area (Å²) in [6.07, 6.45) is 0. The van der Waals surface area contributed by atoms with Gasteiger partial charge in [-0.25, -0.2) is 0 Å². The monoisotopic (exact) mass is 466 g/mol. The Hall–Kier alpha value is -4.70. The Morgan fingerprint density at radius 2 is 1.46 bits per heavy atom. The van der Waals surface area contributed by atoms with Crippen molar-refractivity contribution >= 4 is 11.6 Å². The van der Waals surface area contributed by atoms with Gasteiger partial charge in [0.05, 0.1) is 26.2 Å². The third kappa shape index (κ3) is 3.65. The van der Waals surface area contributed by atoms with Gasteiger partial charge in [0, 0.05) is 11.3 Å². The number of nitrogens with zero attached hydrogens (tertiary/aromatic N) is 2. The first-order chi connectivity index (χ1) is 17.1. The molecule has 174 valence electrons. The molecule has 1 amide bonds. The number of benzene rings is 3. The highest BCUT2D eigenvalue weighted by Crippen LogP contribution is 2.52. The van der Waals surface area contributed by atoms with Gasteiger partial charge in [-0.05, 0) is 47.5 Å². The van der Waals surface area contributed by atoms with Gasteiger partial charge in [0.25, 0.3) is 11.9 Å². The van der Waals surface area contributed by atoms with Gasteiger partial charge in [-0.3, -0.25) is 9.69 Å². The van der Waals surface area contributed by atoms with E-state index in [1.54, 1.807) is 31.3 Å². The zero-order chi connectivity index (χ0) is 24.5. The molecule has 0 saturated heterocycles. The predicted octanol–water partition coefficient (Wildman–Crippen LogP) is 5.15. The number of allylic oxidation sites excluding steroid dienone is 1. The van der Waals surface area contributed by atoms with Crippen LogP contribution in [0.4, 0.5) is 5.69 Å². The van der Waals surface area contributed by atoms with E-state index in [9.17, 15) is 15.2 Å². The van der Waals surface area contributed by atoms with Gasteiger partial charge in [-0.1, -0.05) is 42.5 Å². The maximum atomic E-state index is 13.7. The van der Waals surface area contributed by atoms with Crippen molar-refractivity contribution in [1.29, 1.82) is 5.26 Å². The second kappa shape index (κ2) is 8.92. The molecular formula is C28H22N2O5. The Morgan fingerprint density at radius 1 is 0.886 bits per heavy atom. The molecule has 2 heterocycles. The molecule has 0 radical (unpaired) electrons. The zero-order valence-electron chi connectivity index (χ0n) is 19.1. The first kappa shape index (κ1) is 22.1. The molecule has 0 bridgehead atoms. The van der Waals surface area contributed by atoms with Crippen LogP contribution >= 0.6 is 0 Å². The summed E-state index contributed by atoms with van der Waals surface area (Å²) >= 11 is 0. The lowest BCUT2D eigenvalue weighted by Gasteiger charge is -2.31. The maximum Gasteiger partial charge on any atom is 0.297 e. The van der Waals surface area contributed by atoms with E-state index in [0.717, 1.165) is 11.1 Å². The van der Waals surface area contributed by atoms with Gasteiger partial charge in [-0.15, -0.1) is 0 Å². The molecule has 2 unspecified atom stereocenters. The maximum absolute atomic E-state index is 13.7. The number of methoxy groups -OCH3 is 2. The van der Waals surface area contributed by atoms with Crippen LogP contribution in [0.25, 0.3) is 0 Å². The lowest BCUT2D eigenvalue weighted by molar-refractivity contribution is -0.118. The Labute approximate surface area is 202 Å². The van der Waals surface area contributed by atoms with Crippen LogP contribution in [-0.4, -0.2) is 25.2 Å². The van der Waals surface area contributed by atoms with Crippen LogP contribution < -0.4 is 14.4 Å². The van der Waals surface area contributed by atoms with E-state index in [-0.39, 0.29) is 11.3 Å². The molecule has 7 heteroatoms. The lowest BCUT2D eigenvalue weighted by Crippen LogP contribution is -2.30. The van der Waals surface area contributed by atoms with E-state index in [2.05, 4.69) is 6.07 Å². The number of amides is 1. The smallest absolute Gasteiger partial charge is 0.297 e. The Morgan fingerprint density at radius 3 is 2.00 bits per heavy atom. The van der Waals surface area contributed by atoms with E-state index in [1.165, 1.54) is 0 Å². The first-order valence-electron chi connectivity index (χ1n) is 11.0. The average Bonchev–Trinajstić information content (AvgIpc) is 3.20. The fourth-order valence-electron chi connectivity index (χ4n) is 4.66. The summed E-state index contributed by atoms with van der Waals surface area (Å²) in [7, 11) is 3.16. The van der Waals surface area contributed by atoms with Gasteiger partial charge in [0.1, 0.15) is 23.1 Å².